The lowest BCUT2D eigenvalue weighted by atomic mass is 10.3. The molecule has 0 saturated heterocycles. The van der Waals surface area contributed by atoms with E-state index in [9.17, 15) is 4.79 Å². The van der Waals surface area contributed by atoms with Crippen molar-refractivity contribution in [3.8, 4) is 5.75 Å². The van der Waals surface area contributed by atoms with Gasteiger partial charge in [-0.05, 0) is 38.1 Å². The van der Waals surface area contributed by atoms with Gasteiger partial charge in [-0.1, -0.05) is 12.2 Å². The first kappa shape index (κ1) is 16.8. The van der Waals surface area contributed by atoms with Gasteiger partial charge in [-0.2, -0.15) is 0 Å². The van der Waals surface area contributed by atoms with E-state index in [4.69, 9.17) is 4.74 Å². The fourth-order valence-corrected chi connectivity index (χ4v) is 1.80. The molecule has 0 aliphatic carbocycles. The quantitative estimate of drug-likeness (QED) is 0.710. The Morgan fingerprint density at radius 3 is 2.29 bits per heavy atom. The van der Waals surface area contributed by atoms with Crippen molar-refractivity contribution in [1.29, 1.82) is 0 Å². The highest BCUT2D eigenvalue weighted by molar-refractivity contribution is 5.81. The fraction of sp³-hybridized carbons (Fsp3) is 0.353. The van der Waals surface area contributed by atoms with Gasteiger partial charge in [-0.25, -0.2) is 0 Å². The molecule has 0 heterocycles. The van der Waals surface area contributed by atoms with Crippen LogP contribution in [0.1, 0.15) is 13.8 Å². The van der Waals surface area contributed by atoms with Crippen LogP contribution in [-0.4, -0.2) is 36.5 Å². The van der Waals surface area contributed by atoms with Gasteiger partial charge in [0.15, 0.2) is 0 Å². The molecule has 0 aliphatic heterocycles. The molecule has 0 aliphatic rings. The molecule has 4 nitrogen and oxygen atoms in total. The summed E-state index contributed by atoms with van der Waals surface area (Å²) in [5.74, 6) is 0.833. The molecule has 0 spiro atoms. The van der Waals surface area contributed by atoms with Crippen LogP contribution in [0.3, 0.4) is 0 Å². The molecule has 1 aromatic rings. The third-order valence-electron chi connectivity index (χ3n) is 2.72. The first-order chi connectivity index (χ1) is 10.1. The number of anilines is 1. The highest BCUT2D eigenvalue weighted by Gasteiger charge is 2.09. The maximum absolute atomic E-state index is 12.1. The minimum absolute atomic E-state index is 0.0114. The highest BCUT2D eigenvalue weighted by Crippen LogP contribution is 2.16. The van der Waals surface area contributed by atoms with Crippen molar-refractivity contribution in [3.63, 3.8) is 0 Å². The second kappa shape index (κ2) is 8.84. The van der Waals surface area contributed by atoms with E-state index in [1.807, 2.05) is 38.1 Å². The normalized spacial score (nSPS) is 10.0. The minimum atomic E-state index is 0.0114. The first-order valence-electron chi connectivity index (χ1n) is 7.07. The third kappa shape index (κ3) is 6.17. The van der Waals surface area contributed by atoms with Crippen LogP contribution < -0.4 is 10.1 Å². The molecule has 0 saturated carbocycles. The summed E-state index contributed by atoms with van der Waals surface area (Å²) < 4.78 is 5.57. The van der Waals surface area contributed by atoms with Gasteiger partial charge in [0.1, 0.15) is 5.75 Å². The van der Waals surface area contributed by atoms with E-state index < -0.39 is 0 Å². The van der Waals surface area contributed by atoms with E-state index in [1.54, 1.807) is 17.1 Å². The van der Waals surface area contributed by atoms with Crippen LogP contribution in [0.2, 0.25) is 0 Å². The summed E-state index contributed by atoms with van der Waals surface area (Å²) in [6, 6.07) is 7.57. The van der Waals surface area contributed by atoms with Crippen molar-refractivity contribution >= 4 is 11.6 Å². The molecule has 1 N–H and O–H groups in total. The van der Waals surface area contributed by atoms with E-state index >= 15 is 0 Å². The molecule has 0 radical (unpaired) electrons. The summed E-state index contributed by atoms with van der Waals surface area (Å²) in [5, 5.41) is 3.11. The Bertz CT molecular complexity index is 456. The van der Waals surface area contributed by atoms with Crippen molar-refractivity contribution in [2.24, 2.45) is 0 Å². The van der Waals surface area contributed by atoms with Crippen LogP contribution in [0, 0.1) is 0 Å². The summed E-state index contributed by atoms with van der Waals surface area (Å²) in [6.07, 6.45) is 3.57. The first-order valence-corrected chi connectivity index (χ1v) is 7.07. The topological polar surface area (TPSA) is 41.6 Å². The zero-order chi connectivity index (χ0) is 15.7. The molecule has 1 aromatic carbocycles. The zero-order valence-corrected chi connectivity index (χ0v) is 12.8. The Hall–Kier alpha value is -2.23. The molecule has 1 amide bonds. The molecular weight excluding hydrogens is 264 g/mol. The lowest BCUT2D eigenvalue weighted by molar-refractivity contribution is -0.128. The fourth-order valence-electron chi connectivity index (χ4n) is 1.80. The Kier molecular flexibility index (Phi) is 7.09. The van der Waals surface area contributed by atoms with Crippen molar-refractivity contribution < 1.29 is 9.53 Å². The number of ether oxygens (including phenoxy) is 1. The molecule has 0 atom stereocenters. The van der Waals surface area contributed by atoms with Gasteiger partial charge < -0.3 is 15.0 Å². The summed E-state index contributed by atoms with van der Waals surface area (Å²) in [6.45, 7) is 12.6. The molecule has 0 fully saturated rings. The number of rotatable bonds is 9. The predicted molar refractivity (Wildman–Crippen MR) is 87.7 cm³/mol. The van der Waals surface area contributed by atoms with E-state index in [0.717, 1.165) is 11.4 Å². The number of hydrogen-bond acceptors (Lipinski definition) is 3. The van der Waals surface area contributed by atoms with Crippen LogP contribution in [0.25, 0.3) is 0 Å². The van der Waals surface area contributed by atoms with Crippen molar-refractivity contribution in [3.05, 3.63) is 49.6 Å². The average Bonchev–Trinajstić information content (AvgIpc) is 2.45. The molecule has 1 rings (SSSR count). The molecule has 4 heteroatoms. The Labute approximate surface area is 127 Å². The number of amides is 1. The number of carbonyl (C=O) groups is 1. The van der Waals surface area contributed by atoms with Crippen LogP contribution in [-0.2, 0) is 4.79 Å². The van der Waals surface area contributed by atoms with Gasteiger partial charge in [0.05, 0.1) is 12.6 Å². The van der Waals surface area contributed by atoms with E-state index in [2.05, 4.69) is 18.5 Å². The lowest BCUT2D eigenvalue weighted by Crippen LogP contribution is -2.35. The van der Waals surface area contributed by atoms with Gasteiger partial charge in [0.2, 0.25) is 5.91 Å². The van der Waals surface area contributed by atoms with E-state index in [1.165, 1.54) is 0 Å². The molecule has 0 aromatic heterocycles. The number of hydrogen-bond donors (Lipinski definition) is 1. The number of nitrogens with one attached hydrogen (secondary N) is 1. The van der Waals surface area contributed by atoms with Gasteiger partial charge in [-0.3, -0.25) is 4.79 Å². The van der Waals surface area contributed by atoms with Crippen LogP contribution in [0.5, 0.6) is 5.75 Å². The van der Waals surface area contributed by atoms with Crippen molar-refractivity contribution in [1.82, 2.24) is 4.90 Å². The minimum Gasteiger partial charge on any atom is -0.491 e. The van der Waals surface area contributed by atoms with E-state index in [-0.39, 0.29) is 18.6 Å². The maximum atomic E-state index is 12.1. The second-order valence-corrected chi connectivity index (χ2v) is 4.92. The van der Waals surface area contributed by atoms with Gasteiger partial charge in [0.25, 0.3) is 0 Å². The number of nitrogens with zero attached hydrogens (tertiary/aromatic N) is 1. The summed E-state index contributed by atoms with van der Waals surface area (Å²) in [4.78, 5) is 13.7. The smallest absolute Gasteiger partial charge is 0.242 e. The van der Waals surface area contributed by atoms with E-state index in [0.29, 0.717) is 13.1 Å². The Balaban J connectivity index is 2.51. The standard InChI is InChI=1S/C17H24N2O2/c1-5-11-19(12-6-2)17(20)13-18-15-7-9-16(10-8-15)21-14(3)4/h5-10,14,18H,1-2,11-13H2,3-4H3. The van der Waals surface area contributed by atoms with Crippen LogP contribution in [0.4, 0.5) is 5.69 Å². The second-order valence-electron chi connectivity index (χ2n) is 4.92. The van der Waals surface area contributed by atoms with Gasteiger partial charge >= 0.3 is 0 Å². The Morgan fingerprint density at radius 1 is 1.24 bits per heavy atom. The maximum Gasteiger partial charge on any atom is 0.242 e. The largest absolute Gasteiger partial charge is 0.491 e. The predicted octanol–water partition coefficient (Wildman–Crippen LogP) is 3.09. The SMILES string of the molecule is C=CCN(CC=C)C(=O)CNc1ccc(OC(C)C)cc1. The van der Waals surface area contributed by atoms with Crippen molar-refractivity contribution in [2.75, 3.05) is 25.0 Å². The zero-order valence-electron chi connectivity index (χ0n) is 12.8. The highest BCUT2D eigenvalue weighted by atomic mass is 16.5. The molecular formula is C17H24N2O2. The molecule has 21 heavy (non-hydrogen) atoms. The van der Waals surface area contributed by atoms with Gasteiger partial charge in [0, 0.05) is 18.8 Å². The Morgan fingerprint density at radius 2 is 1.81 bits per heavy atom. The molecule has 0 bridgehead atoms. The number of carbonyl (C=O) groups excluding carboxylic acids is 1. The summed E-state index contributed by atoms with van der Waals surface area (Å²) in [7, 11) is 0. The monoisotopic (exact) mass is 288 g/mol. The van der Waals surface area contributed by atoms with Gasteiger partial charge in [-0.15, -0.1) is 13.2 Å². The van der Waals surface area contributed by atoms with Crippen LogP contribution in [0.15, 0.2) is 49.6 Å². The average molecular weight is 288 g/mol. The number of benzene rings is 1. The molecule has 114 valence electrons. The lowest BCUT2D eigenvalue weighted by Gasteiger charge is -2.19. The van der Waals surface area contributed by atoms with Crippen LogP contribution >= 0.6 is 0 Å². The molecule has 0 unspecified atom stereocenters. The third-order valence-corrected chi connectivity index (χ3v) is 2.72. The van der Waals surface area contributed by atoms with Crippen molar-refractivity contribution in [2.45, 2.75) is 20.0 Å². The summed E-state index contributed by atoms with van der Waals surface area (Å²) >= 11 is 0. The summed E-state index contributed by atoms with van der Waals surface area (Å²) in [5.41, 5.74) is 0.886.